The summed E-state index contributed by atoms with van der Waals surface area (Å²) in [6.07, 6.45) is -1.27. The molecule has 7 heteroatoms. The van der Waals surface area contributed by atoms with Crippen LogP contribution in [-0.2, 0) is 19.1 Å². The quantitative estimate of drug-likeness (QED) is 0.566. The molecule has 2 rings (SSSR count). The topological polar surface area (TPSA) is 88.1 Å². The molecule has 1 heterocycles. The fraction of sp³-hybridized carbons (Fsp3) is 0.526. The van der Waals surface area contributed by atoms with Crippen LogP contribution in [0.15, 0.2) is 12.1 Å². The van der Waals surface area contributed by atoms with Crippen molar-refractivity contribution in [2.45, 2.75) is 52.7 Å². The summed E-state index contributed by atoms with van der Waals surface area (Å²) in [5.41, 5.74) is 0.488. The van der Waals surface area contributed by atoms with Gasteiger partial charge in [-0.25, -0.2) is 9.59 Å². The first-order valence-corrected chi connectivity index (χ1v) is 8.55. The van der Waals surface area contributed by atoms with Gasteiger partial charge in [-0.05, 0) is 46.2 Å². The first-order valence-electron chi connectivity index (χ1n) is 8.55. The summed E-state index contributed by atoms with van der Waals surface area (Å²) in [5, 5.41) is 0. The van der Waals surface area contributed by atoms with Crippen LogP contribution in [0.4, 0.5) is 0 Å². The number of hydrogen-bond acceptors (Lipinski definition) is 7. The highest BCUT2D eigenvalue weighted by Crippen LogP contribution is 2.38. The summed E-state index contributed by atoms with van der Waals surface area (Å²) in [4.78, 5) is 36.5. The minimum atomic E-state index is -1.54. The largest absolute Gasteiger partial charge is 0.486 e. The first kappa shape index (κ1) is 19.8. The van der Waals surface area contributed by atoms with Gasteiger partial charge < -0.3 is 18.9 Å². The molecule has 142 valence electrons. The highest BCUT2D eigenvalue weighted by molar-refractivity contribution is 6.02. The zero-order valence-corrected chi connectivity index (χ0v) is 15.7. The van der Waals surface area contributed by atoms with Crippen molar-refractivity contribution in [3.8, 4) is 11.5 Å². The van der Waals surface area contributed by atoms with Crippen LogP contribution in [0.2, 0.25) is 0 Å². The Balaban J connectivity index is 2.35. The van der Waals surface area contributed by atoms with Gasteiger partial charge in [0, 0.05) is 6.07 Å². The van der Waals surface area contributed by atoms with Crippen molar-refractivity contribution >= 4 is 17.7 Å². The number of fused-ring (bicyclic) bond motifs is 1. The molecule has 0 bridgehead atoms. The second-order valence-electron chi connectivity index (χ2n) is 6.58. The number of rotatable bonds is 6. The van der Waals surface area contributed by atoms with E-state index in [2.05, 4.69) is 0 Å². The van der Waals surface area contributed by atoms with Crippen LogP contribution in [0.5, 0.6) is 11.5 Å². The number of ketones is 1. The smallest absolute Gasteiger partial charge is 0.359 e. The van der Waals surface area contributed by atoms with E-state index >= 15 is 0 Å². The van der Waals surface area contributed by atoms with Gasteiger partial charge in [0.15, 0.2) is 5.78 Å². The van der Waals surface area contributed by atoms with Gasteiger partial charge in [-0.2, -0.15) is 0 Å². The molecule has 1 aromatic rings. The van der Waals surface area contributed by atoms with E-state index in [1.165, 1.54) is 6.07 Å². The van der Waals surface area contributed by atoms with Crippen LogP contribution < -0.4 is 9.47 Å². The van der Waals surface area contributed by atoms with E-state index < -0.39 is 23.6 Å². The maximum Gasteiger partial charge on any atom is 0.359 e. The molecule has 0 aromatic heterocycles. The molecule has 0 aliphatic carbocycles. The lowest BCUT2D eigenvalue weighted by atomic mass is 9.90. The Morgan fingerprint density at radius 2 is 1.73 bits per heavy atom. The average molecular weight is 364 g/mol. The standard InChI is InChI=1S/C19H24O7/c1-6-23-17(21)16(18(22)24-7-2)25-12-8-11(3)15-13(20)10-19(4,5)26-14(15)9-12/h8-9,16H,6-7,10H2,1-5H3. The predicted molar refractivity (Wildman–Crippen MR) is 92.5 cm³/mol. The Hall–Kier alpha value is -2.57. The van der Waals surface area contributed by atoms with Crippen LogP contribution in [0.3, 0.4) is 0 Å². The van der Waals surface area contributed by atoms with Gasteiger partial charge in [0.05, 0.1) is 25.2 Å². The first-order chi connectivity index (χ1) is 12.2. The van der Waals surface area contributed by atoms with Crippen molar-refractivity contribution in [2.24, 2.45) is 0 Å². The second kappa shape index (κ2) is 7.76. The maximum absolute atomic E-state index is 12.4. The lowest BCUT2D eigenvalue weighted by Crippen LogP contribution is -2.39. The zero-order chi connectivity index (χ0) is 19.5. The Labute approximate surface area is 152 Å². The lowest BCUT2D eigenvalue weighted by Gasteiger charge is -2.32. The van der Waals surface area contributed by atoms with E-state index in [0.29, 0.717) is 16.9 Å². The van der Waals surface area contributed by atoms with Crippen molar-refractivity contribution in [3.63, 3.8) is 0 Å². The fourth-order valence-corrected chi connectivity index (χ4v) is 2.80. The molecule has 26 heavy (non-hydrogen) atoms. The normalized spacial score (nSPS) is 15.1. The minimum absolute atomic E-state index is 0.0207. The van der Waals surface area contributed by atoms with E-state index in [0.717, 1.165) is 0 Å². The summed E-state index contributed by atoms with van der Waals surface area (Å²) >= 11 is 0. The Kier molecular flexibility index (Phi) is 5.90. The van der Waals surface area contributed by atoms with Crippen LogP contribution in [-0.4, -0.2) is 42.6 Å². The van der Waals surface area contributed by atoms with Crippen molar-refractivity contribution in [1.29, 1.82) is 0 Å². The third-order valence-corrected chi connectivity index (χ3v) is 3.78. The summed E-state index contributed by atoms with van der Waals surface area (Å²) in [6, 6.07) is 3.09. The Morgan fingerprint density at radius 1 is 1.15 bits per heavy atom. The van der Waals surface area contributed by atoms with Crippen LogP contribution >= 0.6 is 0 Å². The molecule has 0 amide bonds. The molecule has 0 radical (unpaired) electrons. The van der Waals surface area contributed by atoms with Crippen LogP contribution in [0.25, 0.3) is 0 Å². The van der Waals surface area contributed by atoms with Crippen LogP contribution in [0, 0.1) is 6.92 Å². The Morgan fingerprint density at radius 3 is 2.27 bits per heavy atom. The average Bonchev–Trinajstić information content (AvgIpc) is 2.50. The highest BCUT2D eigenvalue weighted by Gasteiger charge is 2.36. The SMILES string of the molecule is CCOC(=O)C(Oc1cc(C)c2c(c1)OC(C)(C)CC2=O)C(=O)OCC. The van der Waals surface area contributed by atoms with E-state index in [9.17, 15) is 14.4 Å². The molecule has 0 spiro atoms. The van der Waals surface area contributed by atoms with E-state index in [4.69, 9.17) is 18.9 Å². The molecule has 7 nitrogen and oxygen atoms in total. The number of carbonyl (C=O) groups excluding carboxylic acids is 3. The van der Waals surface area contributed by atoms with Crippen LogP contribution in [0.1, 0.15) is 50.0 Å². The molecule has 0 saturated carbocycles. The number of benzene rings is 1. The van der Waals surface area contributed by atoms with Crippen molar-refractivity contribution in [3.05, 3.63) is 23.3 Å². The number of Topliss-reactive ketones (excluding diaryl/α,β-unsaturated/α-hetero) is 1. The van der Waals surface area contributed by atoms with Gasteiger partial charge in [0.25, 0.3) is 6.10 Å². The number of hydrogen-bond donors (Lipinski definition) is 0. The van der Waals surface area contributed by atoms with Crippen molar-refractivity contribution in [1.82, 2.24) is 0 Å². The fourth-order valence-electron chi connectivity index (χ4n) is 2.80. The summed E-state index contributed by atoms with van der Waals surface area (Å²) in [6.45, 7) is 8.85. The maximum atomic E-state index is 12.4. The molecule has 1 aliphatic rings. The van der Waals surface area contributed by atoms with E-state index in [1.54, 1.807) is 26.8 Å². The molecule has 0 fully saturated rings. The molecule has 1 aromatic carbocycles. The third-order valence-electron chi connectivity index (χ3n) is 3.78. The third kappa shape index (κ3) is 4.33. The van der Waals surface area contributed by atoms with Gasteiger partial charge in [0.1, 0.15) is 17.1 Å². The summed E-state index contributed by atoms with van der Waals surface area (Å²) in [7, 11) is 0. The van der Waals surface area contributed by atoms with Gasteiger partial charge in [0.2, 0.25) is 0 Å². The van der Waals surface area contributed by atoms with Gasteiger partial charge >= 0.3 is 11.9 Å². The van der Waals surface area contributed by atoms with Gasteiger partial charge in [-0.3, -0.25) is 4.79 Å². The molecule has 0 N–H and O–H groups in total. The monoisotopic (exact) mass is 364 g/mol. The van der Waals surface area contributed by atoms with Gasteiger partial charge in [-0.15, -0.1) is 0 Å². The van der Waals surface area contributed by atoms with E-state index in [-0.39, 0.29) is 31.2 Å². The molecule has 0 saturated heterocycles. The zero-order valence-electron chi connectivity index (χ0n) is 15.7. The summed E-state index contributed by atoms with van der Waals surface area (Å²) in [5.74, 6) is -1.10. The number of aryl methyl sites for hydroxylation is 1. The molecular formula is C19H24O7. The minimum Gasteiger partial charge on any atom is -0.486 e. The lowest BCUT2D eigenvalue weighted by molar-refractivity contribution is -0.166. The highest BCUT2D eigenvalue weighted by atomic mass is 16.6. The van der Waals surface area contributed by atoms with Crippen molar-refractivity contribution < 1.29 is 33.3 Å². The number of esters is 2. The molecular weight excluding hydrogens is 340 g/mol. The molecule has 1 aliphatic heterocycles. The molecule has 0 atom stereocenters. The van der Waals surface area contributed by atoms with E-state index in [1.807, 2.05) is 13.8 Å². The Bertz CT molecular complexity index is 703. The molecule has 0 unspecified atom stereocenters. The second-order valence-corrected chi connectivity index (χ2v) is 6.58. The summed E-state index contributed by atoms with van der Waals surface area (Å²) < 4.78 is 21.2. The van der Waals surface area contributed by atoms with Crippen molar-refractivity contribution in [2.75, 3.05) is 13.2 Å². The number of ether oxygens (including phenoxy) is 4. The number of carbonyl (C=O) groups is 3. The predicted octanol–water partition coefficient (Wildman–Crippen LogP) is 2.61. The van der Waals surface area contributed by atoms with Gasteiger partial charge in [-0.1, -0.05) is 0 Å².